The summed E-state index contributed by atoms with van der Waals surface area (Å²) in [6.45, 7) is 4.73. The molecule has 0 aromatic heterocycles. The molecule has 0 heterocycles. The molecule has 0 spiro atoms. The van der Waals surface area contributed by atoms with E-state index in [1.807, 2.05) is 0 Å². The highest BCUT2D eigenvalue weighted by atomic mass is 127. The fourth-order valence-electron chi connectivity index (χ4n) is 0.896. The number of esters is 1. The Balaban J connectivity index is 4.14. The third-order valence-electron chi connectivity index (χ3n) is 1.57. The smallest absolute Gasteiger partial charge is 0.377 e. The summed E-state index contributed by atoms with van der Waals surface area (Å²) in [5.74, 6) is -4.76. The lowest BCUT2D eigenvalue weighted by Crippen LogP contribution is -2.36. The van der Waals surface area contributed by atoms with Crippen molar-refractivity contribution < 1.29 is 18.3 Å². The monoisotopic (exact) mass is 334 g/mol. The zero-order chi connectivity index (χ0) is 12.1. The van der Waals surface area contributed by atoms with Crippen LogP contribution in [-0.4, -0.2) is 21.9 Å². The first kappa shape index (κ1) is 15.1. The van der Waals surface area contributed by atoms with Crippen molar-refractivity contribution in [2.75, 3.05) is 4.43 Å². The molecule has 0 amide bonds. The highest BCUT2D eigenvalue weighted by Gasteiger charge is 2.41. The zero-order valence-electron chi connectivity index (χ0n) is 9.28. The molecule has 0 saturated carbocycles. The number of ether oxygens (including phenoxy) is 1. The number of carbonyl (C=O) groups is 1. The predicted molar refractivity (Wildman–Crippen MR) is 63.5 cm³/mol. The summed E-state index contributed by atoms with van der Waals surface area (Å²) in [6.07, 6.45) is 0.610. The molecule has 0 saturated heterocycles. The summed E-state index contributed by atoms with van der Waals surface area (Å²) in [7, 11) is 0. The molecule has 0 aliphatic heterocycles. The average Bonchev–Trinajstić information content (AvgIpc) is 2.01. The number of rotatable bonds is 5. The van der Waals surface area contributed by atoms with E-state index in [9.17, 15) is 13.6 Å². The fraction of sp³-hybridized carbons (Fsp3) is 0.900. The average molecular weight is 334 g/mol. The molecule has 0 aliphatic rings. The molecule has 90 valence electrons. The first-order chi connectivity index (χ1) is 6.69. The van der Waals surface area contributed by atoms with Gasteiger partial charge in [-0.25, -0.2) is 4.79 Å². The SMILES string of the molecule is CC(C)(C)OC(=O)C(F)(F)CCCCI. The van der Waals surface area contributed by atoms with E-state index in [4.69, 9.17) is 0 Å². The highest BCUT2D eigenvalue weighted by Crippen LogP contribution is 2.25. The molecule has 0 rings (SSSR count). The van der Waals surface area contributed by atoms with Gasteiger partial charge in [-0.1, -0.05) is 22.6 Å². The molecule has 0 unspecified atom stereocenters. The Hall–Kier alpha value is 0.0600. The van der Waals surface area contributed by atoms with Crippen LogP contribution in [0.4, 0.5) is 8.78 Å². The largest absolute Gasteiger partial charge is 0.456 e. The summed E-state index contributed by atoms with van der Waals surface area (Å²) in [5, 5.41) is 0. The molecule has 0 aliphatic carbocycles. The van der Waals surface area contributed by atoms with Gasteiger partial charge in [0.15, 0.2) is 0 Å². The minimum absolute atomic E-state index is 0.342. The summed E-state index contributed by atoms with van der Waals surface area (Å²) in [4.78, 5) is 11.1. The third kappa shape index (κ3) is 7.03. The lowest BCUT2D eigenvalue weighted by atomic mass is 10.1. The van der Waals surface area contributed by atoms with Gasteiger partial charge in [0.2, 0.25) is 0 Å². The summed E-state index contributed by atoms with van der Waals surface area (Å²) in [6, 6.07) is 0. The number of alkyl halides is 3. The van der Waals surface area contributed by atoms with Crippen LogP contribution in [0.2, 0.25) is 0 Å². The fourth-order valence-corrected chi connectivity index (χ4v) is 1.44. The Kier molecular flexibility index (Phi) is 5.98. The maximum absolute atomic E-state index is 13.2. The van der Waals surface area contributed by atoms with Gasteiger partial charge in [0.25, 0.3) is 0 Å². The second kappa shape index (κ2) is 5.96. The van der Waals surface area contributed by atoms with Crippen LogP contribution in [0.25, 0.3) is 0 Å². The van der Waals surface area contributed by atoms with Crippen LogP contribution in [0.3, 0.4) is 0 Å². The summed E-state index contributed by atoms with van der Waals surface area (Å²) >= 11 is 2.12. The van der Waals surface area contributed by atoms with E-state index >= 15 is 0 Å². The van der Waals surface area contributed by atoms with Crippen LogP contribution in [0.1, 0.15) is 40.0 Å². The first-order valence-corrected chi connectivity index (χ1v) is 6.39. The maximum atomic E-state index is 13.2. The van der Waals surface area contributed by atoms with Gasteiger partial charge >= 0.3 is 11.9 Å². The molecule has 0 bridgehead atoms. The Morgan fingerprint density at radius 2 is 1.80 bits per heavy atom. The van der Waals surface area contributed by atoms with Crippen LogP contribution in [0.5, 0.6) is 0 Å². The van der Waals surface area contributed by atoms with Gasteiger partial charge in [0.05, 0.1) is 0 Å². The quantitative estimate of drug-likeness (QED) is 0.333. The van der Waals surface area contributed by atoms with Crippen molar-refractivity contribution in [2.24, 2.45) is 0 Å². The van der Waals surface area contributed by atoms with Gasteiger partial charge in [-0.15, -0.1) is 0 Å². The number of hydrogen-bond acceptors (Lipinski definition) is 2. The second-order valence-corrected chi connectivity index (χ2v) is 5.43. The first-order valence-electron chi connectivity index (χ1n) is 4.86. The third-order valence-corrected chi connectivity index (χ3v) is 2.33. The van der Waals surface area contributed by atoms with Crippen molar-refractivity contribution in [3.05, 3.63) is 0 Å². The Bertz CT molecular complexity index is 212. The molecule has 0 atom stereocenters. The van der Waals surface area contributed by atoms with Crippen LogP contribution < -0.4 is 0 Å². The van der Waals surface area contributed by atoms with Crippen molar-refractivity contribution in [1.29, 1.82) is 0 Å². The Morgan fingerprint density at radius 1 is 1.27 bits per heavy atom. The molecule has 0 fully saturated rings. The molecular formula is C10H17F2IO2. The van der Waals surface area contributed by atoms with Crippen molar-refractivity contribution in [3.63, 3.8) is 0 Å². The van der Waals surface area contributed by atoms with E-state index in [2.05, 4.69) is 27.3 Å². The maximum Gasteiger partial charge on any atom is 0.377 e. The van der Waals surface area contributed by atoms with Gasteiger partial charge in [0, 0.05) is 6.42 Å². The topological polar surface area (TPSA) is 26.3 Å². The molecule has 0 aromatic carbocycles. The standard InChI is InChI=1S/C10H17F2IO2/c1-9(2,3)15-8(14)10(11,12)6-4-5-7-13/h4-7H2,1-3H3. The van der Waals surface area contributed by atoms with Gasteiger partial charge in [0.1, 0.15) is 5.60 Å². The van der Waals surface area contributed by atoms with Gasteiger partial charge in [-0.3, -0.25) is 0 Å². The normalized spacial score (nSPS) is 12.7. The van der Waals surface area contributed by atoms with Crippen LogP contribution in [0, 0.1) is 0 Å². The highest BCUT2D eigenvalue weighted by molar-refractivity contribution is 14.1. The summed E-state index contributed by atoms with van der Waals surface area (Å²) in [5.41, 5.74) is -0.857. The minimum Gasteiger partial charge on any atom is -0.456 e. The molecule has 0 radical (unpaired) electrons. The van der Waals surface area contributed by atoms with E-state index in [0.717, 1.165) is 4.43 Å². The Labute approximate surface area is 103 Å². The second-order valence-electron chi connectivity index (χ2n) is 4.35. The molecule has 5 heteroatoms. The van der Waals surface area contributed by atoms with Crippen LogP contribution in [0.15, 0.2) is 0 Å². The predicted octanol–water partition coefficient (Wildman–Crippen LogP) is 3.57. The zero-order valence-corrected chi connectivity index (χ0v) is 11.4. The van der Waals surface area contributed by atoms with Gasteiger partial charge in [-0.2, -0.15) is 8.78 Å². The number of unbranched alkanes of at least 4 members (excludes halogenated alkanes) is 1. The van der Waals surface area contributed by atoms with Crippen molar-refractivity contribution >= 4 is 28.6 Å². The van der Waals surface area contributed by atoms with Gasteiger partial charge in [-0.05, 0) is 38.0 Å². The lowest BCUT2D eigenvalue weighted by Gasteiger charge is -2.23. The Morgan fingerprint density at radius 3 is 2.20 bits per heavy atom. The van der Waals surface area contributed by atoms with Gasteiger partial charge < -0.3 is 4.74 Å². The van der Waals surface area contributed by atoms with E-state index < -0.39 is 23.9 Å². The minimum atomic E-state index is -3.35. The van der Waals surface area contributed by atoms with Crippen molar-refractivity contribution in [3.8, 4) is 0 Å². The molecular weight excluding hydrogens is 317 g/mol. The van der Waals surface area contributed by atoms with Crippen molar-refractivity contribution in [1.82, 2.24) is 0 Å². The van der Waals surface area contributed by atoms with Crippen LogP contribution >= 0.6 is 22.6 Å². The summed E-state index contributed by atoms with van der Waals surface area (Å²) < 4.78 is 31.9. The van der Waals surface area contributed by atoms with E-state index in [0.29, 0.717) is 12.8 Å². The molecule has 0 aromatic rings. The van der Waals surface area contributed by atoms with Crippen molar-refractivity contribution in [2.45, 2.75) is 51.6 Å². The lowest BCUT2D eigenvalue weighted by molar-refractivity contribution is -0.184. The van der Waals surface area contributed by atoms with E-state index in [1.54, 1.807) is 20.8 Å². The number of carbonyl (C=O) groups excluding carboxylic acids is 1. The molecule has 2 nitrogen and oxygen atoms in total. The van der Waals surface area contributed by atoms with Crippen LogP contribution in [-0.2, 0) is 9.53 Å². The van der Waals surface area contributed by atoms with E-state index in [1.165, 1.54) is 0 Å². The molecule has 15 heavy (non-hydrogen) atoms. The number of hydrogen-bond donors (Lipinski definition) is 0. The molecule has 0 N–H and O–H groups in total. The number of halogens is 3. The van der Waals surface area contributed by atoms with E-state index in [-0.39, 0.29) is 0 Å².